The van der Waals surface area contributed by atoms with Crippen LogP contribution in [-0.2, 0) is 0 Å². The normalized spacial score (nSPS) is 24.9. The van der Waals surface area contributed by atoms with Gasteiger partial charge in [-0.25, -0.2) is 0 Å². The number of rotatable bonds is 6. The van der Waals surface area contributed by atoms with Crippen molar-refractivity contribution >= 4 is 0 Å². The summed E-state index contributed by atoms with van der Waals surface area (Å²) >= 11 is 0. The van der Waals surface area contributed by atoms with Crippen LogP contribution in [0.15, 0.2) is 0 Å². The van der Waals surface area contributed by atoms with Crippen LogP contribution in [0, 0.1) is 17.8 Å². The second-order valence-corrected chi connectivity index (χ2v) is 10.6. The van der Waals surface area contributed by atoms with E-state index in [4.69, 9.17) is 0 Å². The Morgan fingerprint density at radius 1 is 0.629 bits per heavy atom. The van der Waals surface area contributed by atoms with Crippen LogP contribution < -0.4 is 0 Å². The first-order valence-electron chi connectivity index (χ1n) is 16.2. The van der Waals surface area contributed by atoms with Crippen molar-refractivity contribution in [2.45, 2.75) is 147 Å². The van der Waals surface area contributed by atoms with Gasteiger partial charge >= 0.3 is 0 Å². The number of hydrogen-bond acceptors (Lipinski definition) is 3. The lowest BCUT2D eigenvalue weighted by Crippen LogP contribution is -2.52. The molecule has 214 valence electrons. The number of nitrogens with zero attached hydrogens (tertiary/aromatic N) is 3. The number of piperidine rings is 1. The second kappa shape index (κ2) is 24.2. The Hall–Kier alpha value is -0.120. The third-order valence-electron chi connectivity index (χ3n) is 8.01. The Bertz CT molecular complexity index is 401. The zero-order chi connectivity index (χ0) is 27.2. The third-order valence-corrected chi connectivity index (χ3v) is 8.01. The van der Waals surface area contributed by atoms with Crippen molar-refractivity contribution in [3.63, 3.8) is 0 Å². The summed E-state index contributed by atoms with van der Waals surface area (Å²) in [5.74, 6) is 2.90. The van der Waals surface area contributed by atoms with Crippen molar-refractivity contribution in [2.75, 3.05) is 45.8 Å². The fraction of sp³-hybridized carbons (Fsp3) is 1.00. The van der Waals surface area contributed by atoms with Crippen LogP contribution in [0.1, 0.15) is 134 Å². The van der Waals surface area contributed by atoms with Gasteiger partial charge in [-0.2, -0.15) is 0 Å². The Balaban J connectivity index is 0. The van der Waals surface area contributed by atoms with Gasteiger partial charge in [0.25, 0.3) is 0 Å². The standard InChI is InChI=1S/C23H45N3.C3H8.3C2H6/c1-5-20(4)22-6-8-23(9-7-22)26-16-14-24(15-17-26)18-21-10-12-25(13-11-21)19(2)3;1-3-2;3*1-2/h19-23H,5-18H2,1-4H3;3H2,1-2H3;3*1-2H3. The molecular weight excluding hydrogens is 426 g/mol. The van der Waals surface area contributed by atoms with Gasteiger partial charge in [-0.05, 0) is 83.2 Å². The summed E-state index contributed by atoms with van der Waals surface area (Å²) in [5.41, 5.74) is 0. The number of likely N-dealkylation sites (tertiary alicyclic amines) is 1. The number of hydrogen-bond donors (Lipinski definition) is 0. The molecule has 3 fully saturated rings. The minimum Gasteiger partial charge on any atom is -0.301 e. The van der Waals surface area contributed by atoms with Crippen LogP contribution in [0.25, 0.3) is 0 Å². The van der Waals surface area contributed by atoms with Crippen LogP contribution in [-0.4, -0.2) is 72.6 Å². The molecule has 2 saturated heterocycles. The van der Waals surface area contributed by atoms with E-state index in [2.05, 4.69) is 56.2 Å². The van der Waals surface area contributed by atoms with Crippen molar-refractivity contribution in [3.8, 4) is 0 Å². The average Bonchev–Trinajstić information content (AvgIpc) is 2.93. The van der Waals surface area contributed by atoms with Gasteiger partial charge in [0.2, 0.25) is 0 Å². The molecule has 35 heavy (non-hydrogen) atoms. The Labute approximate surface area is 224 Å². The maximum atomic E-state index is 2.84. The molecule has 1 unspecified atom stereocenters. The predicted molar refractivity (Wildman–Crippen MR) is 163 cm³/mol. The first-order valence-corrected chi connectivity index (χ1v) is 16.2. The molecule has 0 aromatic carbocycles. The fourth-order valence-corrected chi connectivity index (χ4v) is 5.70. The Morgan fingerprint density at radius 2 is 1.09 bits per heavy atom. The SMILES string of the molecule is CC.CC.CC.CCC.CCC(C)C1CCC(N2CCN(CC3CCN(C(C)C)CC3)CC2)CC1. The molecule has 2 aliphatic heterocycles. The highest BCUT2D eigenvalue weighted by Crippen LogP contribution is 2.34. The quantitative estimate of drug-likeness (QED) is 0.363. The van der Waals surface area contributed by atoms with E-state index >= 15 is 0 Å². The van der Waals surface area contributed by atoms with Crippen LogP contribution in [0.4, 0.5) is 0 Å². The average molecular weight is 498 g/mol. The van der Waals surface area contributed by atoms with Gasteiger partial charge in [0, 0.05) is 44.8 Å². The third kappa shape index (κ3) is 15.0. The first kappa shape index (κ1) is 37.0. The molecule has 3 rings (SSSR count). The second-order valence-electron chi connectivity index (χ2n) is 10.6. The maximum absolute atomic E-state index is 2.84. The molecule has 0 aromatic rings. The highest BCUT2D eigenvalue weighted by molar-refractivity contribution is 4.85. The van der Waals surface area contributed by atoms with Gasteiger partial charge in [0.1, 0.15) is 0 Å². The smallest absolute Gasteiger partial charge is 0.0113 e. The lowest BCUT2D eigenvalue weighted by molar-refractivity contribution is 0.0491. The fourth-order valence-electron chi connectivity index (χ4n) is 5.70. The summed E-state index contributed by atoms with van der Waals surface area (Å²) in [7, 11) is 0. The van der Waals surface area contributed by atoms with Gasteiger partial charge in [-0.1, -0.05) is 82.1 Å². The lowest BCUT2D eigenvalue weighted by atomic mass is 9.77. The van der Waals surface area contributed by atoms with Crippen molar-refractivity contribution in [2.24, 2.45) is 17.8 Å². The van der Waals surface area contributed by atoms with Gasteiger partial charge in [0.05, 0.1) is 0 Å². The Kier molecular flexibility index (Phi) is 25.6. The highest BCUT2D eigenvalue weighted by Gasteiger charge is 2.30. The summed E-state index contributed by atoms with van der Waals surface area (Å²) in [4.78, 5) is 8.27. The van der Waals surface area contributed by atoms with E-state index in [1.165, 1.54) is 97.2 Å². The zero-order valence-corrected chi connectivity index (χ0v) is 26.8. The van der Waals surface area contributed by atoms with E-state index in [1.54, 1.807) is 0 Å². The zero-order valence-electron chi connectivity index (χ0n) is 26.8. The van der Waals surface area contributed by atoms with Crippen LogP contribution in [0.5, 0.6) is 0 Å². The molecule has 2 heterocycles. The summed E-state index contributed by atoms with van der Waals surface area (Å²) in [6.07, 6.45) is 11.3. The van der Waals surface area contributed by atoms with Gasteiger partial charge < -0.3 is 9.80 Å². The topological polar surface area (TPSA) is 9.72 Å². The molecular formula is C32H71N3. The van der Waals surface area contributed by atoms with Crippen molar-refractivity contribution < 1.29 is 0 Å². The molecule has 3 nitrogen and oxygen atoms in total. The molecule has 0 bridgehead atoms. The van der Waals surface area contributed by atoms with Crippen molar-refractivity contribution in [1.82, 2.24) is 14.7 Å². The number of piperazine rings is 1. The predicted octanol–water partition coefficient (Wildman–Crippen LogP) is 8.82. The molecule has 1 aliphatic carbocycles. The lowest BCUT2D eigenvalue weighted by Gasteiger charge is -2.44. The summed E-state index contributed by atoms with van der Waals surface area (Å²) in [6, 6.07) is 1.63. The van der Waals surface area contributed by atoms with E-state index in [1.807, 2.05) is 41.5 Å². The van der Waals surface area contributed by atoms with E-state index in [0.29, 0.717) is 0 Å². The molecule has 0 spiro atoms. The van der Waals surface area contributed by atoms with E-state index in [0.717, 1.165) is 29.8 Å². The van der Waals surface area contributed by atoms with Gasteiger partial charge in [0.15, 0.2) is 0 Å². The molecule has 0 N–H and O–H groups in total. The van der Waals surface area contributed by atoms with Gasteiger partial charge in [-0.15, -0.1) is 0 Å². The monoisotopic (exact) mass is 498 g/mol. The summed E-state index contributed by atoms with van der Waals surface area (Å²) in [5, 5.41) is 0. The Morgan fingerprint density at radius 3 is 1.49 bits per heavy atom. The van der Waals surface area contributed by atoms with Crippen LogP contribution in [0.3, 0.4) is 0 Å². The molecule has 0 aromatic heterocycles. The highest BCUT2D eigenvalue weighted by atomic mass is 15.3. The minimum absolute atomic E-state index is 0.731. The van der Waals surface area contributed by atoms with Crippen molar-refractivity contribution in [3.05, 3.63) is 0 Å². The van der Waals surface area contributed by atoms with Gasteiger partial charge in [-0.3, -0.25) is 4.90 Å². The summed E-state index contributed by atoms with van der Waals surface area (Å²) in [6.45, 7) is 35.0. The summed E-state index contributed by atoms with van der Waals surface area (Å²) < 4.78 is 0. The molecule has 0 radical (unpaired) electrons. The molecule has 3 aliphatic rings. The molecule has 3 heteroatoms. The molecule has 1 saturated carbocycles. The van der Waals surface area contributed by atoms with E-state index in [-0.39, 0.29) is 0 Å². The largest absolute Gasteiger partial charge is 0.301 e. The van der Waals surface area contributed by atoms with Crippen LogP contribution in [0.2, 0.25) is 0 Å². The van der Waals surface area contributed by atoms with Crippen molar-refractivity contribution in [1.29, 1.82) is 0 Å². The van der Waals surface area contributed by atoms with E-state index < -0.39 is 0 Å². The minimum atomic E-state index is 0.731. The molecule has 1 atom stereocenters. The first-order chi connectivity index (χ1) is 17.0. The maximum Gasteiger partial charge on any atom is 0.0113 e. The van der Waals surface area contributed by atoms with Crippen LogP contribution >= 0.6 is 0 Å². The van der Waals surface area contributed by atoms with E-state index in [9.17, 15) is 0 Å². The molecule has 0 amide bonds.